The number of ether oxygens (including phenoxy) is 2. The van der Waals surface area contributed by atoms with Gasteiger partial charge in [0.2, 0.25) is 0 Å². The molecule has 1 N–H and O–H groups in total. The molecule has 4 aliphatic carbocycles. The summed E-state index contributed by atoms with van der Waals surface area (Å²) in [6.45, 7) is 7.92. The highest BCUT2D eigenvalue weighted by Crippen LogP contribution is 2.60. The van der Waals surface area contributed by atoms with E-state index in [9.17, 15) is 9.90 Å². The Labute approximate surface area is 162 Å². The van der Waals surface area contributed by atoms with Crippen LogP contribution in [0.1, 0.15) is 72.1 Å². The smallest absolute Gasteiger partial charge is 0.174 e. The fourth-order valence-corrected chi connectivity index (χ4v) is 7.03. The molecule has 1 spiro atoms. The monoisotopic (exact) mass is 374 g/mol. The van der Waals surface area contributed by atoms with Gasteiger partial charge in [0.15, 0.2) is 5.79 Å². The zero-order valence-electron chi connectivity index (χ0n) is 17.1. The SMILES string of the molecule is CC1(C)COC2(CC3=C([C@H]4CC[C@]5(C)C(=O)CC[C@H]5[C@@H]4CC3)[C@@H](O)C2)OC1. The molecule has 0 aromatic heterocycles. The van der Waals surface area contributed by atoms with Crippen LogP contribution in [0.2, 0.25) is 0 Å². The highest BCUT2D eigenvalue weighted by molar-refractivity contribution is 5.87. The van der Waals surface area contributed by atoms with Crippen molar-refractivity contribution in [1.29, 1.82) is 0 Å². The van der Waals surface area contributed by atoms with Gasteiger partial charge in [0.25, 0.3) is 0 Å². The number of aliphatic hydroxyl groups is 1. The van der Waals surface area contributed by atoms with Gasteiger partial charge >= 0.3 is 0 Å². The minimum absolute atomic E-state index is 0.0470. The van der Waals surface area contributed by atoms with Crippen LogP contribution in [0, 0.1) is 28.6 Å². The van der Waals surface area contributed by atoms with Crippen LogP contribution in [0.4, 0.5) is 0 Å². The predicted molar refractivity (Wildman–Crippen MR) is 102 cm³/mol. The van der Waals surface area contributed by atoms with Crippen molar-refractivity contribution in [2.24, 2.45) is 28.6 Å². The zero-order chi connectivity index (χ0) is 19.0. The number of fused-ring (bicyclic) bond motifs is 4. The van der Waals surface area contributed by atoms with Crippen LogP contribution in [0.25, 0.3) is 0 Å². The summed E-state index contributed by atoms with van der Waals surface area (Å²) >= 11 is 0. The van der Waals surface area contributed by atoms with Gasteiger partial charge < -0.3 is 14.6 Å². The Balaban J connectivity index is 1.41. The first-order chi connectivity index (χ1) is 12.7. The number of ketones is 1. The lowest BCUT2D eigenvalue weighted by molar-refractivity contribution is -0.309. The molecule has 4 heteroatoms. The van der Waals surface area contributed by atoms with Gasteiger partial charge in [0, 0.05) is 30.1 Å². The van der Waals surface area contributed by atoms with Gasteiger partial charge in [0.1, 0.15) is 5.78 Å². The molecule has 4 nitrogen and oxygen atoms in total. The molecule has 1 aliphatic heterocycles. The van der Waals surface area contributed by atoms with Crippen molar-refractivity contribution >= 4 is 5.78 Å². The van der Waals surface area contributed by atoms with E-state index in [1.54, 1.807) is 0 Å². The Morgan fingerprint density at radius 2 is 1.78 bits per heavy atom. The Hall–Kier alpha value is -0.710. The quantitative estimate of drug-likeness (QED) is 0.651. The summed E-state index contributed by atoms with van der Waals surface area (Å²) in [7, 11) is 0. The summed E-state index contributed by atoms with van der Waals surface area (Å²) in [6.07, 6.45) is 6.99. The Bertz CT molecular complexity index is 682. The summed E-state index contributed by atoms with van der Waals surface area (Å²) in [5, 5.41) is 11.2. The van der Waals surface area contributed by atoms with E-state index in [2.05, 4.69) is 20.8 Å². The van der Waals surface area contributed by atoms with Crippen LogP contribution in [-0.2, 0) is 14.3 Å². The number of Topliss-reactive ketones (excluding diaryl/α,β-unsaturated/α-hetero) is 1. The second-order valence-electron chi connectivity index (χ2n) is 10.9. The van der Waals surface area contributed by atoms with Gasteiger partial charge in [-0.1, -0.05) is 26.3 Å². The van der Waals surface area contributed by atoms with E-state index in [1.807, 2.05) is 0 Å². The average Bonchev–Trinajstić information content (AvgIpc) is 2.93. The van der Waals surface area contributed by atoms with Crippen LogP contribution in [0.3, 0.4) is 0 Å². The summed E-state index contributed by atoms with van der Waals surface area (Å²) < 4.78 is 12.4. The van der Waals surface area contributed by atoms with Crippen LogP contribution in [0.5, 0.6) is 0 Å². The first-order valence-corrected chi connectivity index (χ1v) is 10.9. The van der Waals surface area contributed by atoms with E-state index < -0.39 is 11.9 Å². The molecule has 0 amide bonds. The molecule has 150 valence electrons. The maximum atomic E-state index is 12.5. The van der Waals surface area contributed by atoms with E-state index in [-0.39, 0.29) is 10.8 Å². The number of aliphatic hydroxyl groups excluding tert-OH is 1. The van der Waals surface area contributed by atoms with E-state index in [4.69, 9.17) is 9.47 Å². The minimum atomic E-state index is -0.618. The third kappa shape index (κ3) is 2.70. The number of rotatable bonds is 0. The van der Waals surface area contributed by atoms with Gasteiger partial charge in [0.05, 0.1) is 19.3 Å². The molecular weight excluding hydrogens is 340 g/mol. The van der Waals surface area contributed by atoms with Crippen molar-refractivity contribution in [2.75, 3.05) is 13.2 Å². The first kappa shape index (κ1) is 18.3. The summed E-state index contributed by atoms with van der Waals surface area (Å²) in [4.78, 5) is 12.5. The molecule has 2 saturated carbocycles. The van der Waals surface area contributed by atoms with Crippen LogP contribution >= 0.6 is 0 Å². The minimum Gasteiger partial charge on any atom is -0.389 e. The third-order valence-electron chi connectivity index (χ3n) is 8.53. The molecule has 3 fully saturated rings. The second-order valence-corrected chi connectivity index (χ2v) is 10.9. The molecule has 5 aliphatic rings. The lowest BCUT2D eigenvalue weighted by atomic mass is 9.54. The number of hydrogen-bond acceptors (Lipinski definition) is 4. The van der Waals surface area contributed by atoms with Crippen LogP contribution < -0.4 is 0 Å². The van der Waals surface area contributed by atoms with Gasteiger partial charge in [-0.05, 0) is 55.4 Å². The zero-order valence-corrected chi connectivity index (χ0v) is 17.1. The molecule has 0 aromatic rings. The van der Waals surface area contributed by atoms with Crippen molar-refractivity contribution in [1.82, 2.24) is 0 Å². The normalized spacial score (nSPS) is 45.4. The molecule has 0 unspecified atom stereocenters. The molecule has 5 rings (SSSR count). The highest BCUT2D eigenvalue weighted by Gasteiger charge is 2.57. The van der Waals surface area contributed by atoms with E-state index in [1.165, 1.54) is 11.1 Å². The van der Waals surface area contributed by atoms with Gasteiger partial charge in [-0.25, -0.2) is 0 Å². The number of hydrogen-bond donors (Lipinski definition) is 1. The summed E-state index contributed by atoms with van der Waals surface area (Å²) in [5.41, 5.74) is 2.64. The molecule has 0 aromatic carbocycles. The van der Waals surface area contributed by atoms with Crippen molar-refractivity contribution in [3.8, 4) is 0 Å². The van der Waals surface area contributed by atoms with Crippen molar-refractivity contribution in [3.05, 3.63) is 11.1 Å². The topological polar surface area (TPSA) is 55.8 Å². The third-order valence-corrected chi connectivity index (χ3v) is 8.53. The summed E-state index contributed by atoms with van der Waals surface area (Å²) in [5.74, 6) is 1.42. The lowest BCUT2D eigenvalue weighted by Gasteiger charge is -2.54. The van der Waals surface area contributed by atoms with E-state index >= 15 is 0 Å². The van der Waals surface area contributed by atoms with Crippen LogP contribution in [0.15, 0.2) is 11.1 Å². The molecule has 0 bridgehead atoms. The van der Waals surface area contributed by atoms with Gasteiger partial charge in [-0.2, -0.15) is 0 Å². The molecule has 1 heterocycles. The largest absolute Gasteiger partial charge is 0.389 e. The van der Waals surface area contributed by atoms with Gasteiger partial charge in [-0.15, -0.1) is 0 Å². The molecule has 5 atom stereocenters. The lowest BCUT2D eigenvalue weighted by Crippen LogP contribution is -2.54. The average molecular weight is 375 g/mol. The summed E-state index contributed by atoms with van der Waals surface area (Å²) in [6, 6.07) is 0. The Morgan fingerprint density at radius 1 is 1.04 bits per heavy atom. The fraction of sp³-hybridized carbons (Fsp3) is 0.870. The van der Waals surface area contributed by atoms with Crippen LogP contribution in [-0.4, -0.2) is 36.0 Å². The highest BCUT2D eigenvalue weighted by atomic mass is 16.7. The maximum absolute atomic E-state index is 12.5. The number of carbonyl (C=O) groups excluding carboxylic acids is 1. The van der Waals surface area contributed by atoms with Crippen molar-refractivity contribution in [3.63, 3.8) is 0 Å². The second kappa shape index (κ2) is 5.90. The van der Waals surface area contributed by atoms with E-state index in [0.717, 1.165) is 44.9 Å². The molecule has 27 heavy (non-hydrogen) atoms. The molecule has 1 saturated heterocycles. The maximum Gasteiger partial charge on any atom is 0.174 e. The Kier molecular flexibility index (Phi) is 4.00. The van der Waals surface area contributed by atoms with Crippen molar-refractivity contribution < 1.29 is 19.4 Å². The molecule has 0 radical (unpaired) electrons. The van der Waals surface area contributed by atoms with E-state index in [0.29, 0.717) is 43.2 Å². The van der Waals surface area contributed by atoms with Gasteiger partial charge in [-0.3, -0.25) is 4.79 Å². The Morgan fingerprint density at radius 3 is 2.52 bits per heavy atom. The standard InChI is InChI=1S/C23H34O4/c1-21(2)12-26-23(27-13-21)10-14-4-5-15-16(20(14)18(24)11-23)8-9-22(3)17(15)6-7-19(22)25/h15-18,24H,4-13H2,1-3H3/t15-,16+,17+,18+,22+/m1/s1. The first-order valence-electron chi connectivity index (χ1n) is 10.9. The molecular formula is C23H34O4. The number of carbonyl (C=O) groups is 1. The predicted octanol–water partition coefficient (Wildman–Crippen LogP) is 4.01. The van der Waals surface area contributed by atoms with Crippen molar-refractivity contribution in [2.45, 2.75) is 84.0 Å². The fourth-order valence-electron chi connectivity index (χ4n) is 7.03.